The number of amides is 2. The summed E-state index contributed by atoms with van der Waals surface area (Å²) in [5.41, 5.74) is 1.03. The van der Waals surface area contributed by atoms with Gasteiger partial charge >= 0.3 is 0 Å². The minimum absolute atomic E-state index is 0.406. The highest BCUT2D eigenvalue weighted by atomic mass is 127. The molecule has 3 rings (SSSR count). The van der Waals surface area contributed by atoms with Crippen molar-refractivity contribution in [1.29, 1.82) is 0 Å². The zero-order chi connectivity index (χ0) is 12.9. The Bertz CT molecular complexity index is 696. The molecule has 0 N–H and O–H groups in total. The smallest absolute Gasteiger partial charge is 0.266 e. The lowest BCUT2D eigenvalue weighted by molar-refractivity contribution is -0.0690. The van der Waals surface area contributed by atoms with Crippen LogP contribution in [0.1, 0.15) is 20.7 Å². The molecular weight excluding hydrogens is 345 g/mol. The summed E-state index contributed by atoms with van der Waals surface area (Å²) in [6, 6.07) is 9.18. The van der Waals surface area contributed by atoms with E-state index in [4.69, 9.17) is 4.84 Å². The Labute approximate surface area is 117 Å². The standard InChI is InChI=1S/C13H8INO3/c1-18-15-12(16)8-4-2-3-7-5-6-9(14)11(10(7)8)13(15)17/h2-6H,1H3. The summed E-state index contributed by atoms with van der Waals surface area (Å²) in [7, 11) is 1.32. The minimum Gasteiger partial charge on any atom is -0.266 e. The van der Waals surface area contributed by atoms with Gasteiger partial charge in [0.25, 0.3) is 11.8 Å². The van der Waals surface area contributed by atoms with Gasteiger partial charge in [-0.1, -0.05) is 18.2 Å². The van der Waals surface area contributed by atoms with E-state index in [1.807, 2.05) is 18.2 Å². The van der Waals surface area contributed by atoms with Crippen LogP contribution in [0.15, 0.2) is 30.3 Å². The van der Waals surface area contributed by atoms with Crippen LogP contribution in [0.25, 0.3) is 10.8 Å². The van der Waals surface area contributed by atoms with Crippen molar-refractivity contribution in [2.45, 2.75) is 0 Å². The Kier molecular flexibility index (Phi) is 2.60. The monoisotopic (exact) mass is 353 g/mol. The molecule has 0 radical (unpaired) electrons. The van der Waals surface area contributed by atoms with Crippen molar-refractivity contribution in [3.63, 3.8) is 0 Å². The molecule has 0 saturated carbocycles. The van der Waals surface area contributed by atoms with Crippen LogP contribution in [0.2, 0.25) is 0 Å². The third-order valence-corrected chi connectivity index (χ3v) is 3.89. The molecule has 90 valence electrons. The normalized spacial score (nSPS) is 14.4. The minimum atomic E-state index is -0.414. The summed E-state index contributed by atoms with van der Waals surface area (Å²) in [4.78, 5) is 29.3. The van der Waals surface area contributed by atoms with E-state index in [2.05, 4.69) is 22.6 Å². The van der Waals surface area contributed by atoms with Crippen molar-refractivity contribution in [3.8, 4) is 0 Å². The number of benzene rings is 2. The van der Waals surface area contributed by atoms with Crippen LogP contribution in [-0.2, 0) is 4.84 Å². The number of hydrogen-bond donors (Lipinski definition) is 0. The molecule has 0 atom stereocenters. The predicted molar refractivity (Wildman–Crippen MR) is 74.2 cm³/mol. The lowest BCUT2D eigenvalue weighted by atomic mass is 9.95. The Balaban J connectivity index is 2.48. The average molecular weight is 353 g/mol. The van der Waals surface area contributed by atoms with E-state index in [0.29, 0.717) is 16.5 Å². The number of hydroxylamine groups is 2. The second-order valence-electron chi connectivity index (χ2n) is 3.91. The first-order valence-electron chi connectivity index (χ1n) is 5.29. The molecule has 0 saturated heterocycles. The molecule has 0 spiro atoms. The molecule has 0 aromatic heterocycles. The van der Waals surface area contributed by atoms with Crippen LogP contribution >= 0.6 is 22.6 Å². The van der Waals surface area contributed by atoms with Gasteiger partial charge in [-0.3, -0.25) is 14.4 Å². The molecule has 1 aliphatic heterocycles. The second-order valence-corrected chi connectivity index (χ2v) is 5.08. The number of carbonyl (C=O) groups is 2. The maximum absolute atomic E-state index is 12.2. The van der Waals surface area contributed by atoms with Gasteiger partial charge in [-0.05, 0) is 40.1 Å². The van der Waals surface area contributed by atoms with Gasteiger partial charge in [0.1, 0.15) is 0 Å². The van der Waals surface area contributed by atoms with Crippen LogP contribution < -0.4 is 0 Å². The first-order chi connectivity index (χ1) is 8.65. The molecule has 18 heavy (non-hydrogen) atoms. The van der Waals surface area contributed by atoms with Gasteiger partial charge in [0.15, 0.2) is 0 Å². The maximum atomic E-state index is 12.2. The molecule has 1 heterocycles. The summed E-state index contributed by atoms with van der Waals surface area (Å²) in [6.45, 7) is 0. The van der Waals surface area contributed by atoms with E-state index >= 15 is 0 Å². The fourth-order valence-electron chi connectivity index (χ4n) is 2.21. The van der Waals surface area contributed by atoms with Gasteiger partial charge in [0.2, 0.25) is 0 Å². The molecule has 0 fully saturated rings. The Morgan fingerprint density at radius 3 is 2.61 bits per heavy atom. The predicted octanol–water partition coefficient (Wildman–Crippen LogP) is 2.60. The van der Waals surface area contributed by atoms with Gasteiger partial charge in [0.05, 0.1) is 18.2 Å². The molecule has 0 bridgehead atoms. The average Bonchev–Trinajstić information content (AvgIpc) is 2.37. The Hall–Kier alpha value is -1.47. The highest BCUT2D eigenvalue weighted by Gasteiger charge is 2.34. The fraction of sp³-hybridized carbons (Fsp3) is 0.0769. The number of rotatable bonds is 1. The van der Waals surface area contributed by atoms with Gasteiger partial charge in [-0.15, -0.1) is 5.06 Å². The van der Waals surface area contributed by atoms with Gasteiger partial charge in [-0.25, -0.2) is 0 Å². The number of imide groups is 1. The molecule has 1 aliphatic rings. The lowest BCUT2D eigenvalue weighted by Crippen LogP contribution is -2.39. The van der Waals surface area contributed by atoms with E-state index < -0.39 is 11.8 Å². The molecule has 2 aromatic rings. The van der Waals surface area contributed by atoms with Crippen molar-refractivity contribution in [1.82, 2.24) is 5.06 Å². The van der Waals surface area contributed by atoms with Crippen molar-refractivity contribution in [2.24, 2.45) is 0 Å². The summed E-state index contributed by atoms with van der Waals surface area (Å²) in [5, 5.41) is 2.41. The van der Waals surface area contributed by atoms with Gasteiger partial charge in [0, 0.05) is 8.96 Å². The van der Waals surface area contributed by atoms with Crippen LogP contribution in [0.5, 0.6) is 0 Å². The third kappa shape index (κ3) is 1.40. The number of nitrogens with zero attached hydrogens (tertiary/aromatic N) is 1. The highest BCUT2D eigenvalue weighted by Crippen LogP contribution is 2.32. The first-order valence-corrected chi connectivity index (χ1v) is 6.37. The topological polar surface area (TPSA) is 46.6 Å². The van der Waals surface area contributed by atoms with E-state index in [9.17, 15) is 9.59 Å². The van der Waals surface area contributed by atoms with Crippen LogP contribution in [0.3, 0.4) is 0 Å². The molecule has 5 heteroatoms. The van der Waals surface area contributed by atoms with E-state index in [1.54, 1.807) is 12.1 Å². The van der Waals surface area contributed by atoms with Gasteiger partial charge in [-0.2, -0.15) is 0 Å². The number of hydrogen-bond acceptors (Lipinski definition) is 3. The largest absolute Gasteiger partial charge is 0.286 e. The summed E-state index contributed by atoms with van der Waals surface area (Å²) in [5.74, 6) is -0.821. The van der Waals surface area contributed by atoms with E-state index in [1.165, 1.54) is 7.11 Å². The molecule has 0 unspecified atom stereocenters. The fourth-order valence-corrected chi connectivity index (χ4v) is 2.89. The van der Waals surface area contributed by atoms with Crippen LogP contribution in [0.4, 0.5) is 0 Å². The van der Waals surface area contributed by atoms with Crippen LogP contribution in [0, 0.1) is 3.57 Å². The van der Waals surface area contributed by atoms with Crippen molar-refractivity contribution in [2.75, 3.05) is 7.11 Å². The molecule has 2 amide bonds. The summed E-state index contributed by atoms with van der Waals surface area (Å²) in [6.07, 6.45) is 0. The SMILES string of the molecule is CON1C(=O)c2cccc3ccc(I)c(c23)C1=O. The van der Waals surface area contributed by atoms with Crippen molar-refractivity contribution < 1.29 is 14.4 Å². The van der Waals surface area contributed by atoms with Crippen LogP contribution in [-0.4, -0.2) is 24.0 Å². The van der Waals surface area contributed by atoms with Crippen molar-refractivity contribution in [3.05, 3.63) is 45.0 Å². The summed E-state index contributed by atoms with van der Waals surface area (Å²) >= 11 is 2.09. The highest BCUT2D eigenvalue weighted by molar-refractivity contribution is 14.1. The quantitative estimate of drug-likeness (QED) is 0.585. The molecule has 0 aliphatic carbocycles. The third-order valence-electron chi connectivity index (χ3n) is 2.99. The second kappa shape index (κ2) is 4.03. The maximum Gasteiger partial charge on any atom is 0.286 e. The Morgan fingerprint density at radius 1 is 1.11 bits per heavy atom. The first kappa shape index (κ1) is 11.6. The van der Waals surface area contributed by atoms with E-state index in [0.717, 1.165) is 14.0 Å². The number of carbonyl (C=O) groups excluding carboxylic acids is 2. The number of halogens is 1. The van der Waals surface area contributed by atoms with Crippen molar-refractivity contribution >= 4 is 45.2 Å². The zero-order valence-electron chi connectivity index (χ0n) is 9.44. The molecule has 2 aromatic carbocycles. The Morgan fingerprint density at radius 2 is 1.89 bits per heavy atom. The zero-order valence-corrected chi connectivity index (χ0v) is 11.6. The van der Waals surface area contributed by atoms with E-state index in [-0.39, 0.29) is 0 Å². The molecular formula is C13H8INO3. The summed E-state index contributed by atoms with van der Waals surface area (Å²) < 4.78 is 0.812. The lowest BCUT2D eigenvalue weighted by Gasteiger charge is -2.25. The van der Waals surface area contributed by atoms with Gasteiger partial charge < -0.3 is 0 Å². The molecule has 4 nitrogen and oxygen atoms in total.